The Hall–Kier alpha value is -5.74. The lowest BCUT2D eigenvalue weighted by Gasteiger charge is -2.04. The van der Waals surface area contributed by atoms with Crippen LogP contribution in [0.2, 0.25) is 0 Å². The van der Waals surface area contributed by atoms with Gasteiger partial charge in [0.05, 0.1) is 30.3 Å². The standard InChI is InChI=1S/C66H70S2/c1-5-9-13-17-21-51-25-33-55(34-26-51)41-45-59-49-63-61(47-43-57-37-29-53(30-38-57)23-19-15-11-7-3)66-64(50-60(68-66)46-42-56-35-27-52(28-36-56)22-18-14-10-6-2)62(65(63)67-59)48-44-58-39-31-54(32-40-58)24-20-16-12-8-4/h25-40,49-50H,5-24H2,1-4H3. The zero-order valence-electron chi connectivity index (χ0n) is 41.4. The largest absolute Gasteiger partial charge is 0.125 e. The first kappa shape index (κ1) is 50.1. The molecule has 0 radical (unpaired) electrons. The van der Waals surface area contributed by atoms with Gasteiger partial charge in [0, 0.05) is 33.0 Å². The number of hydrogen-bond acceptors (Lipinski definition) is 2. The first-order valence-corrected chi connectivity index (χ1v) is 27.6. The molecule has 0 aliphatic carbocycles. The topological polar surface area (TPSA) is 0 Å². The molecule has 0 fully saturated rings. The van der Waals surface area contributed by atoms with Crippen molar-refractivity contribution in [3.8, 4) is 47.4 Å². The van der Waals surface area contributed by atoms with E-state index in [1.807, 2.05) is 0 Å². The lowest BCUT2D eigenvalue weighted by molar-refractivity contribution is 0.667. The normalized spacial score (nSPS) is 10.8. The molecule has 2 aromatic heterocycles. The molecule has 0 unspecified atom stereocenters. The minimum atomic E-state index is 1.01. The minimum Gasteiger partial charge on any atom is -0.125 e. The predicted octanol–water partition coefficient (Wildman–Crippen LogP) is 18.2. The molecule has 0 atom stereocenters. The highest BCUT2D eigenvalue weighted by molar-refractivity contribution is 7.21. The van der Waals surface area contributed by atoms with Crippen LogP contribution < -0.4 is 0 Å². The molecule has 0 aliphatic rings. The van der Waals surface area contributed by atoms with Crippen molar-refractivity contribution in [2.24, 2.45) is 0 Å². The van der Waals surface area contributed by atoms with Crippen LogP contribution in [0.4, 0.5) is 0 Å². The van der Waals surface area contributed by atoms with E-state index < -0.39 is 0 Å². The highest BCUT2D eigenvalue weighted by Gasteiger charge is 2.18. The molecule has 7 rings (SSSR count). The summed E-state index contributed by atoms with van der Waals surface area (Å²) < 4.78 is 2.26. The second kappa shape index (κ2) is 27.3. The van der Waals surface area contributed by atoms with Gasteiger partial charge in [0.2, 0.25) is 0 Å². The highest BCUT2D eigenvalue weighted by Crippen LogP contribution is 2.41. The maximum Gasteiger partial charge on any atom is 0.0785 e. The van der Waals surface area contributed by atoms with Gasteiger partial charge in [0.1, 0.15) is 0 Å². The van der Waals surface area contributed by atoms with E-state index in [2.05, 4.69) is 184 Å². The number of aryl methyl sites for hydroxylation is 4. The van der Waals surface area contributed by atoms with Crippen LogP contribution in [-0.2, 0) is 25.7 Å². The van der Waals surface area contributed by atoms with Crippen molar-refractivity contribution in [2.75, 3.05) is 0 Å². The third-order valence-corrected chi connectivity index (χ3v) is 15.0. The summed E-state index contributed by atoms with van der Waals surface area (Å²) in [5.74, 6) is 28.8. The second-order valence-electron chi connectivity index (χ2n) is 18.5. The van der Waals surface area contributed by atoms with Gasteiger partial charge in [-0.2, -0.15) is 0 Å². The molecule has 5 aromatic carbocycles. The molecular formula is C66H70S2. The molecule has 0 amide bonds. The molecule has 0 saturated carbocycles. The molecule has 0 N–H and O–H groups in total. The molecule has 2 heteroatoms. The van der Waals surface area contributed by atoms with E-state index in [0.717, 1.165) is 89.0 Å². The van der Waals surface area contributed by atoms with E-state index in [0.29, 0.717) is 0 Å². The van der Waals surface area contributed by atoms with Crippen molar-refractivity contribution in [3.63, 3.8) is 0 Å². The molecule has 7 aromatic rings. The summed E-state index contributed by atoms with van der Waals surface area (Å²) in [6.45, 7) is 9.07. The van der Waals surface area contributed by atoms with Crippen LogP contribution in [-0.4, -0.2) is 0 Å². The van der Waals surface area contributed by atoms with Crippen LogP contribution in [0.1, 0.15) is 196 Å². The fourth-order valence-electron chi connectivity index (χ4n) is 8.72. The maximum absolute atomic E-state index is 3.72. The molecule has 0 aliphatic heterocycles. The minimum absolute atomic E-state index is 1.01. The maximum atomic E-state index is 3.72. The van der Waals surface area contributed by atoms with E-state index >= 15 is 0 Å². The molecule has 0 saturated heterocycles. The van der Waals surface area contributed by atoms with Crippen LogP contribution in [0, 0.1) is 47.4 Å². The quantitative estimate of drug-likeness (QED) is 0.0528. The van der Waals surface area contributed by atoms with Gasteiger partial charge in [-0.15, -0.1) is 22.7 Å². The van der Waals surface area contributed by atoms with Crippen molar-refractivity contribution in [1.29, 1.82) is 0 Å². The number of benzene rings is 5. The Morgan fingerprint density at radius 1 is 0.294 bits per heavy atom. The summed E-state index contributed by atoms with van der Waals surface area (Å²) in [5, 5.41) is 2.22. The summed E-state index contributed by atoms with van der Waals surface area (Å²) in [5.41, 5.74) is 11.7. The Morgan fingerprint density at radius 3 is 0.824 bits per heavy atom. The fourth-order valence-corrected chi connectivity index (χ4v) is 10.8. The summed E-state index contributed by atoms with van der Waals surface area (Å²) in [6.07, 6.45) is 24.8. The van der Waals surface area contributed by atoms with Crippen LogP contribution in [0.15, 0.2) is 109 Å². The van der Waals surface area contributed by atoms with Crippen LogP contribution >= 0.6 is 22.7 Å². The van der Waals surface area contributed by atoms with Gasteiger partial charge in [0.15, 0.2) is 0 Å². The van der Waals surface area contributed by atoms with Crippen molar-refractivity contribution in [1.82, 2.24) is 0 Å². The summed E-state index contributed by atoms with van der Waals surface area (Å²) >= 11 is 3.46. The number of thiophene rings is 2. The van der Waals surface area contributed by atoms with Gasteiger partial charge in [0.25, 0.3) is 0 Å². The van der Waals surface area contributed by atoms with Gasteiger partial charge >= 0.3 is 0 Å². The van der Waals surface area contributed by atoms with E-state index in [-0.39, 0.29) is 0 Å². The Bertz CT molecular complexity index is 2670. The lowest BCUT2D eigenvalue weighted by atomic mass is 10.0. The second-order valence-corrected chi connectivity index (χ2v) is 20.6. The molecule has 0 bridgehead atoms. The fraction of sp³-hybridized carbons (Fsp3) is 0.364. The molecular weight excluding hydrogens is 857 g/mol. The predicted molar refractivity (Wildman–Crippen MR) is 298 cm³/mol. The zero-order valence-corrected chi connectivity index (χ0v) is 43.0. The van der Waals surface area contributed by atoms with Crippen LogP contribution in [0.3, 0.4) is 0 Å². The molecule has 2 heterocycles. The number of fused-ring (bicyclic) bond motifs is 2. The Balaban J connectivity index is 1.29. The van der Waals surface area contributed by atoms with Gasteiger partial charge in [-0.3, -0.25) is 0 Å². The Labute approximate surface area is 418 Å². The molecule has 68 heavy (non-hydrogen) atoms. The first-order chi connectivity index (χ1) is 33.5. The van der Waals surface area contributed by atoms with Crippen molar-refractivity contribution >= 4 is 42.8 Å². The molecule has 0 nitrogen and oxygen atoms in total. The number of hydrogen-bond donors (Lipinski definition) is 0. The summed E-state index contributed by atoms with van der Waals surface area (Å²) in [6, 6.07) is 40.0. The number of rotatable bonds is 20. The summed E-state index contributed by atoms with van der Waals surface area (Å²) in [7, 11) is 0. The van der Waals surface area contributed by atoms with E-state index in [1.54, 1.807) is 22.7 Å². The van der Waals surface area contributed by atoms with Gasteiger partial charge in [-0.1, -0.05) is 201 Å². The third-order valence-electron chi connectivity index (χ3n) is 12.9. The van der Waals surface area contributed by atoms with E-state index in [1.165, 1.54) is 125 Å². The van der Waals surface area contributed by atoms with Crippen molar-refractivity contribution in [2.45, 2.75) is 156 Å². The summed E-state index contributed by atoms with van der Waals surface area (Å²) in [4.78, 5) is 2.03. The monoisotopic (exact) mass is 926 g/mol. The zero-order chi connectivity index (χ0) is 47.2. The van der Waals surface area contributed by atoms with Crippen LogP contribution in [0.5, 0.6) is 0 Å². The van der Waals surface area contributed by atoms with Gasteiger partial charge in [-0.25, -0.2) is 0 Å². The Morgan fingerprint density at radius 2 is 0.559 bits per heavy atom. The lowest BCUT2D eigenvalue weighted by Crippen LogP contribution is -1.87. The number of unbranched alkanes of at least 4 members (excludes halogenated alkanes) is 12. The van der Waals surface area contributed by atoms with Crippen LogP contribution in [0.25, 0.3) is 20.2 Å². The van der Waals surface area contributed by atoms with E-state index in [9.17, 15) is 0 Å². The first-order valence-electron chi connectivity index (χ1n) is 26.0. The third kappa shape index (κ3) is 15.1. The Kier molecular flexibility index (Phi) is 20.1. The smallest absolute Gasteiger partial charge is 0.0785 e. The van der Waals surface area contributed by atoms with Gasteiger partial charge in [-0.05, 0) is 134 Å². The SMILES string of the molecule is CCCCCCc1ccc(C#Cc2cc3c(C#Cc4ccc(CCCCCC)cc4)c4sc(C#Cc5ccc(CCCCCC)cc5)cc4c(C#Cc4ccc(CCCCCC)cc4)c3s2)cc1. The molecule has 0 spiro atoms. The van der Waals surface area contributed by atoms with Gasteiger partial charge < -0.3 is 0 Å². The van der Waals surface area contributed by atoms with E-state index in [4.69, 9.17) is 0 Å². The average molecular weight is 927 g/mol. The van der Waals surface area contributed by atoms with Crippen molar-refractivity contribution < 1.29 is 0 Å². The molecule has 346 valence electrons. The highest BCUT2D eigenvalue weighted by atomic mass is 32.1. The van der Waals surface area contributed by atoms with Crippen molar-refractivity contribution in [3.05, 3.63) is 175 Å². The average Bonchev–Trinajstić information content (AvgIpc) is 4.00.